The summed E-state index contributed by atoms with van der Waals surface area (Å²) in [5.74, 6) is 1.21. The summed E-state index contributed by atoms with van der Waals surface area (Å²) < 4.78 is 0. The molecule has 18 heavy (non-hydrogen) atoms. The summed E-state index contributed by atoms with van der Waals surface area (Å²) in [7, 11) is 0. The molecule has 0 spiro atoms. The molecular formula is C17H34O. The van der Waals surface area contributed by atoms with E-state index in [4.69, 9.17) is 0 Å². The van der Waals surface area contributed by atoms with Crippen molar-refractivity contribution >= 4 is 5.78 Å². The van der Waals surface area contributed by atoms with E-state index in [0.29, 0.717) is 5.78 Å². The molecule has 1 atom stereocenters. The molecule has 0 radical (unpaired) electrons. The zero-order valence-corrected chi connectivity index (χ0v) is 13.0. The van der Waals surface area contributed by atoms with Crippen molar-refractivity contribution in [1.29, 1.82) is 0 Å². The standard InChI is InChI=1S/C17H34O/c1-4-6-7-8-9-10-11-14-17(5-2)15-12-13-16(3)18/h17H,4-15H2,1-3H3. The molecule has 0 aliphatic carbocycles. The number of unbranched alkanes of at least 4 members (excludes halogenated alkanes) is 6. The first-order valence-corrected chi connectivity index (χ1v) is 8.20. The second-order valence-electron chi connectivity index (χ2n) is 5.78. The molecule has 0 saturated heterocycles. The zero-order valence-electron chi connectivity index (χ0n) is 13.0. The molecule has 1 unspecified atom stereocenters. The molecule has 0 heterocycles. The van der Waals surface area contributed by atoms with Gasteiger partial charge in [-0.05, 0) is 19.3 Å². The summed E-state index contributed by atoms with van der Waals surface area (Å²) in [5, 5.41) is 0. The first-order valence-electron chi connectivity index (χ1n) is 8.20. The van der Waals surface area contributed by atoms with Crippen LogP contribution in [0.25, 0.3) is 0 Å². The maximum Gasteiger partial charge on any atom is 0.129 e. The van der Waals surface area contributed by atoms with Gasteiger partial charge in [0.2, 0.25) is 0 Å². The van der Waals surface area contributed by atoms with E-state index in [1.165, 1.54) is 64.2 Å². The molecule has 0 rings (SSSR count). The summed E-state index contributed by atoms with van der Waals surface area (Å²) in [6.07, 6.45) is 15.6. The fourth-order valence-corrected chi connectivity index (χ4v) is 2.58. The lowest BCUT2D eigenvalue weighted by atomic mass is 9.92. The van der Waals surface area contributed by atoms with E-state index >= 15 is 0 Å². The second kappa shape index (κ2) is 13.1. The molecule has 0 aliphatic heterocycles. The number of hydrogen-bond donors (Lipinski definition) is 0. The highest BCUT2D eigenvalue weighted by atomic mass is 16.1. The third kappa shape index (κ3) is 12.1. The van der Waals surface area contributed by atoms with E-state index in [0.717, 1.165) is 18.8 Å². The summed E-state index contributed by atoms with van der Waals surface area (Å²) in [6, 6.07) is 0. The quantitative estimate of drug-likeness (QED) is 0.373. The first-order chi connectivity index (χ1) is 8.70. The SMILES string of the molecule is CCCCCCCCCC(CC)CCCC(C)=O. The summed E-state index contributed by atoms with van der Waals surface area (Å²) in [6.45, 7) is 6.27. The minimum absolute atomic E-state index is 0.348. The zero-order chi connectivity index (χ0) is 13.6. The highest BCUT2D eigenvalue weighted by Gasteiger charge is 2.06. The van der Waals surface area contributed by atoms with Crippen molar-refractivity contribution < 1.29 is 4.79 Å². The van der Waals surface area contributed by atoms with Gasteiger partial charge in [0.05, 0.1) is 0 Å². The van der Waals surface area contributed by atoms with Gasteiger partial charge in [0.1, 0.15) is 5.78 Å². The molecule has 0 aromatic carbocycles. The summed E-state index contributed by atoms with van der Waals surface area (Å²) >= 11 is 0. The Morgan fingerprint density at radius 1 is 0.833 bits per heavy atom. The van der Waals surface area contributed by atoms with E-state index in [9.17, 15) is 4.79 Å². The van der Waals surface area contributed by atoms with Crippen LogP contribution in [0, 0.1) is 5.92 Å². The van der Waals surface area contributed by atoms with E-state index in [2.05, 4.69) is 13.8 Å². The number of carbonyl (C=O) groups excluding carboxylic acids is 1. The van der Waals surface area contributed by atoms with Crippen molar-refractivity contribution in [2.75, 3.05) is 0 Å². The van der Waals surface area contributed by atoms with Crippen LogP contribution >= 0.6 is 0 Å². The molecule has 0 N–H and O–H groups in total. The van der Waals surface area contributed by atoms with Crippen molar-refractivity contribution in [3.63, 3.8) is 0 Å². The molecule has 0 amide bonds. The van der Waals surface area contributed by atoms with Crippen molar-refractivity contribution in [2.45, 2.75) is 97.8 Å². The van der Waals surface area contributed by atoms with Crippen molar-refractivity contribution in [3.8, 4) is 0 Å². The Morgan fingerprint density at radius 3 is 1.94 bits per heavy atom. The van der Waals surface area contributed by atoms with Crippen LogP contribution in [0.3, 0.4) is 0 Å². The molecule has 0 aliphatic rings. The molecule has 0 bridgehead atoms. The Hall–Kier alpha value is -0.330. The third-order valence-electron chi connectivity index (χ3n) is 3.93. The van der Waals surface area contributed by atoms with Gasteiger partial charge in [0.25, 0.3) is 0 Å². The van der Waals surface area contributed by atoms with Gasteiger partial charge in [-0.25, -0.2) is 0 Å². The molecule has 0 aromatic rings. The molecular weight excluding hydrogens is 220 g/mol. The largest absolute Gasteiger partial charge is 0.300 e. The lowest BCUT2D eigenvalue weighted by Crippen LogP contribution is -2.00. The summed E-state index contributed by atoms with van der Waals surface area (Å²) in [4.78, 5) is 10.9. The molecule has 1 heteroatoms. The highest BCUT2D eigenvalue weighted by Crippen LogP contribution is 2.20. The molecule has 0 fully saturated rings. The lowest BCUT2D eigenvalue weighted by Gasteiger charge is -2.14. The predicted molar refractivity (Wildman–Crippen MR) is 80.9 cm³/mol. The normalized spacial score (nSPS) is 12.6. The van der Waals surface area contributed by atoms with Crippen LogP contribution in [-0.2, 0) is 4.79 Å². The Bertz CT molecular complexity index is 186. The van der Waals surface area contributed by atoms with Gasteiger partial charge in [-0.3, -0.25) is 0 Å². The van der Waals surface area contributed by atoms with Gasteiger partial charge >= 0.3 is 0 Å². The number of hydrogen-bond acceptors (Lipinski definition) is 1. The van der Waals surface area contributed by atoms with Gasteiger partial charge in [-0.2, -0.15) is 0 Å². The fourth-order valence-electron chi connectivity index (χ4n) is 2.58. The van der Waals surface area contributed by atoms with Crippen LogP contribution in [0.15, 0.2) is 0 Å². The van der Waals surface area contributed by atoms with Crippen molar-refractivity contribution in [1.82, 2.24) is 0 Å². The Labute approximate surface area is 115 Å². The van der Waals surface area contributed by atoms with Gasteiger partial charge in [-0.15, -0.1) is 0 Å². The van der Waals surface area contributed by atoms with E-state index in [1.807, 2.05) is 0 Å². The van der Waals surface area contributed by atoms with Gasteiger partial charge in [0.15, 0.2) is 0 Å². The summed E-state index contributed by atoms with van der Waals surface area (Å²) in [5.41, 5.74) is 0. The topological polar surface area (TPSA) is 17.1 Å². The van der Waals surface area contributed by atoms with Crippen molar-refractivity contribution in [3.05, 3.63) is 0 Å². The molecule has 108 valence electrons. The number of rotatable bonds is 13. The van der Waals surface area contributed by atoms with E-state index < -0.39 is 0 Å². The van der Waals surface area contributed by atoms with Gasteiger partial charge < -0.3 is 4.79 Å². The highest BCUT2D eigenvalue weighted by molar-refractivity contribution is 5.75. The minimum atomic E-state index is 0.348. The Balaban J connectivity index is 3.35. The maximum atomic E-state index is 10.9. The average Bonchev–Trinajstić information content (AvgIpc) is 2.35. The minimum Gasteiger partial charge on any atom is -0.300 e. The van der Waals surface area contributed by atoms with E-state index in [-0.39, 0.29) is 0 Å². The van der Waals surface area contributed by atoms with Crippen LogP contribution in [0.4, 0.5) is 0 Å². The Morgan fingerprint density at radius 2 is 1.39 bits per heavy atom. The van der Waals surface area contributed by atoms with Crippen LogP contribution in [0.1, 0.15) is 97.8 Å². The molecule has 0 aromatic heterocycles. The number of Topliss-reactive ketones (excluding diaryl/α,β-unsaturated/α-hetero) is 1. The number of ketones is 1. The second-order valence-corrected chi connectivity index (χ2v) is 5.78. The number of carbonyl (C=O) groups is 1. The molecule has 1 nitrogen and oxygen atoms in total. The van der Waals surface area contributed by atoms with Crippen molar-refractivity contribution in [2.24, 2.45) is 5.92 Å². The van der Waals surface area contributed by atoms with E-state index in [1.54, 1.807) is 6.92 Å². The first kappa shape index (κ1) is 17.7. The van der Waals surface area contributed by atoms with Gasteiger partial charge in [0, 0.05) is 6.42 Å². The third-order valence-corrected chi connectivity index (χ3v) is 3.93. The van der Waals surface area contributed by atoms with Crippen LogP contribution in [-0.4, -0.2) is 5.78 Å². The van der Waals surface area contributed by atoms with Crippen LogP contribution < -0.4 is 0 Å². The van der Waals surface area contributed by atoms with Crippen LogP contribution in [0.2, 0.25) is 0 Å². The van der Waals surface area contributed by atoms with Crippen LogP contribution in [0.5, 0.6) is 0 Å². The monoisotopic (exact) mass is 254 g/mol. The smallest absolute Gasteiger partial charge is 0.129 e. The molecule has 0 saturated carbocycles. The predicted octanol–water partition coefficient (Wildman–Crippen LogP) is 5.91. The maximum absolute atomic E-state index is 10.9. The van der Waals surface area contributed by atoms with Gasteiger partial charge in [-0.1, -0.05) is 78.1 Å². The Kier molecular flexibility index (Phi) is 12.9. The average molecular weight is 254 g/mol. The lowest BCUT2D eigenvalue weighted by molar-refractivity contribution is -0.117. The fraction of sp³-hybridized carbons (Fsp3) is 0.941.